The van der Waals surface area contributed by atoms with Gasteiger partial charge in [0.05, 0.1) is 6.54 Å². The van der Waals surface area contributed by atoms with Crippen molar-refractivity contribution in [3.63, 3.8) is 0 Å². The Hall–Kier alpha value is -3.09. The minimum absolute atomic E-state index is 0.0117. The average Bonchev–Trinajstić information content (AvgIpc) is 3.16. The molecule has 3 rings (SSSR count). The first-order valence-corrected chi connectivity index (χ1v) is 8.27. The normalized spacial score (nSPS) is 12.8. The van der Waals surface area contributed by atoms with Crippen LogP contribution in [0.15, 0.2) is 28.7 Å². The van der Waals surface area contributed by atoms with Crippen LogP contribution in [0.25, 0.3) is 0 Å². The zero-order valence-corrected chi connectivity index (χ0v) is 14.9. The number of hydrogen-bond acceptors (Lipinski definition) is 4. The van der Waals surface area contributed by atoms with Crippen molar-refractivity contribution >= 4 is 23.5 Å². The van der Waals surface area contributed by atoms with Gasteiger partial charge in [0, 0.05) is 31.8 Å². The molecule has 1 aromatic carbocycles. The largest absolute Gasteiger partial charge is 0.478 e. The van der Waals surface area contributed by atoms with Gasteiger partial charge in [-0.05, 0) is 43.2 Å². The van der Waals surface area contributed by atoms with Crippen molar-refractivity contribution < 1.29 is 23.9 Å². The van der Waals surface area contributed by atoms with Crippen molar-refractivity contribution in [2.24, 2.45) is 0 Å². The Labute approximate surface area is 150 Å². The summed E-state index contributed by atoms with van der Waals surface area (Å²) in [7, 11) is 1.63. The van der Waals surface area contributed by atoms with Crippen molar-refractivity contribution in [3.8, 4) is 0 Å². The van der Waals surface area contributed by atoms with E-state index in [1.54, 1.807) is 31.0 Å². The maximum absolute atomic E-state index is 12.7. The lowest BCUT2D eigenvalue weighted by Gasteiger charge is -2.17. The predicted octanol–water partition coefficient (Wildman–Crippen LogP) is 2.47. The minimum atomic E-state index is -1.06. The first-order chi connectivity index (χ1) is 12.3. The van der Waals surface area contributed by atoms with Crippen LogP contribution in [0.5, 0.6) is 0 Å². The van der Waals surface area contributed by atoms with Gasteiger partial charge in [-0.25, -0.2) is 4.79 Å². The molecule has 2 amide bonds. The number of carboxylic acid groups (broad SMARTS) is 1. The Morgan fingerprint density at radius 2 is 2.00 bits per heavy atom. The number of anilines is 1. The van der Waals surface area contributed by atoms with E-state index >= 15 is 0 Å². The average molecular weight is 356 g/mol. The molecular weight excluding hydrogens is 336 g/mol. The molecule has 1 aliphatic rings. The van der Waals surface area contributed by atoms with E-state index in [1.165, 1.54) is 17.9 Å². The first-order valence-electron chi connectivity index (χ1n) is 8.27. The van der Waals surface area contributed by atoms with E-state index in [0.717, 1.165) is 17.7 Å². The fraction of sp³-hybridized carbons (Fsp3) is 0.316. The van der Waals surface area contributed by atoms with Crippen molar-refractivity contribution in [2.45, 2.75) is 26.8 Å². The number of nitrogens with zero attached hydrogens (tertiary/aromatic N) is 2. The Morgan fingerprint density at radius 1 is 1.27 bits per heavy atom. The molecule has 0 radical (unpaired) electrons. The molecular formula is C19H20N2O5. The SMILES string of the molecule is CC(=O)N1CCc2cc(C(=O)N(C)Cc3cc(C(=O)O)c(C)o3)ccc21. The molecule has 0 fully saturated rings. The minimum Gasteiger partial charge on any atom is -0.478 e. The van der Waals surface area contributed by atoms with Crippen LogP contribution in [-0.4, -0.2) is 41.4 Å². The van der Waals surface area contributed by atoms with Crippen molar-refractivity contribution in [1.29, 1.82) is 0 Å². The summed E-state index contributed by atoms with van der Waals surface area (Å²) < 4.78 is 5.43. The summed E-state index contributed by atoms with van der Waals surface area (Å²) in [6, 6.07) is 6.75. The zero-order chi connectivity index (χ0) is 19.0. The van der Waals surface area contributed by atoms with Crippen LogP contribution < -0.4 is 4.90 Å². The molecule has 1 aliphatic heterocycles. The Kier molecular flexibility index (Phi) is 4.54. The number of amides is 2. The maximum Gasteiger partial charge on any atom is 0.339 e. The fourth-order valence-corrected chi connectivity index (χ4v) is 3.22. The van der Waals surface area contributed by atoms with E-state index in [2.05, 4.69) is 0 Å². The van der Waals surface area contributed by atoms with Gasteiger partial charge >= 0.3 is 5.97 Å². The highest BCUT2D eigenvalue weighted by atomic mass is 16.4. The van der Waals surface area contributed by atoms with E-state index in [9.17, 15) is 14.4 Å². The highest BCUT2D eigenvalue weighted by molar-refractivity contribution is 5.97. The number of aromatic carboxylic acids is 1. The van der Waals surface area contributed by atoms with Gasteiger partial charge in [-0.3, -0.25) is 9.59 Å². The molecule has 7 heteroatoms. The van der Waals surface area contributed by atoms with Crippen LogP contribution in [0.1, 0.15) is 44.7 Å². The number of benzene rings is 1. The van der Waals surface area contributed by atoms with Crippen LogP contribution >= 0.6 is 0 Å². The lowest BCUT2D eigenvalue weighted by atomic mass is 10.1. The van der Waals surface area contributed by atoms with Gasteiger partial charge in [0.15, 0.2) is 0 Å². The van der Waals surface area contributed by atoms with Crippen LogP contribution in [0.2, 0.25) is 0 Å². The first kappa shape index (κ1) is 17.7. The molecule has 0 aliphatic carbocycles. The number of carbonyl (C=O) groups is 3. The number of rotatable bonds is 4. The molecule has 2 aromatic rings. The number of fused-ring (bicyclic) bond motifs is 1. The van der Waals surface area contributed by atoms with Crippen molar-refractivity contribution in [1.82, 2.24) is 4.90 Å². The van der Waals surface area contributed by atoms with E-state index in [1.807, 2.05) is 6.07 Å². The van der Waals surface area contributed by atoms with Gasteiger partial charge in [0.1, 0.15) is 17.1 Å². The van der Waals surface area contributed by atoms with Gasteiger partial charge in [0.25, 0.3) is 5.91 Å². The number of hydrogen-bond donors (Lipinski definition) is 1. The molecule has 0 saturated carbocycles. The summed E-state index contributed by atoms with van der Waals surface area (Å²) in [4.78, 5) is 38.6. The smallest absolute Gasteiger partial charge is 0.339 e. The Morgan fingerprint density at radius 3 is 2.62 bits per heavy atom. The number of carboxylic acids is 1. The quantitative estimate of drug-likeness (QED) is 0.909. The second-order valence-electron chi connectivity index (χ2n) is 6.41. The summed E-state index contributed by atoms with van der Waals surface area (Å²) in [6.07, 6.45) is 0.721. The highest BCUT2D eigenvalue weighted by Crippen LogP contribution is 2.29. The summed E-state index contributed by atoms with van der Waals surface area (Å²) >= 11 is 0. The molecule has 0 bridgehead atoms. The fourth-order valence-electron chi connectivity index (χ4n) is 3.22. The van der Waals surface area contributed by atoms with E-state index in [-0.39, 0.29) is 23.9 Å². The number of carbonyl (C=O) groups excluding carboxylic acids is 2. The molecule has 7 nitrogen and oxygen atoms in total. The molecule has 26 heavy (non-hydrogen) atoms. The predicted molar refractivity (Wildman–Crippen MR) is 94.4 cm³/mol. The van der Waals surface area contributed by atoms with Gasteiger partial charge in [-0.15, -0.1) is 0 Å². The van der Waals surface area contributed by atoms with Crippen LogP contribution in [0.4, 0.5) is 5.69 Å². The molecule has 0 unspecified atom stereocenters. The number of aryl methyl sites for hydroxylation is 1. The summed E-state index contributed by atoms with van der Waals surface area (Å²) in [5, 5.41) is 9.08. The second-order valence-corrected chi connectivity index (χ2v) is 6.41. The van der Waals surface area contributed by atoms with Crippen LogP contribution in [0.3, 0.4) is 0 Å². The lowest BCUT2D eigenvalue weighted by Crippen LogP contribution is -2.26. The highest BCUT2D eigenvalue weighted by Gasteiger charge is 2.24. The molecule has 0 atom stereocenters. The summed E-state index contributed by atoms with van der Waals surface area (Å²) in [6.45, 7) is 3.90. The van der Waals surface area contributed by atoms with Gasteiger partial charge in [-0.2, -0.15) is 0 Å². The number of furan rings is 1. The molecule has 0 saturated heterocycles. The summed E-state index contributed by atoms with van der Waals surface area (Å²) in [5.41, 5.74) is 2.45. The van der Waals surface area contributed by atoms with E-state index in [0.29, 0.717) is 23.6 Å². The monoisotopic (exact) mass is 356 g/mol. The molecule has 1 aromatic heterocycles. The zero-order valence-electron chi connectivity index (χ0n) is 14.9. The van der Waals surface area contributed by atoms with E-state index in [4.69, 9.17) is 9.52 Å². The van der Waals surface area contributed by atoms with E-state index < -0.39 is 5.97 Å². The topological polar surface area (TPSA) is 91.1 Å². The Bertz CT molecular complexity index is 899. The molecule has 136 valence electrons. The van der Waals surface area contributed by atoms with Crippen molar-refractivity contribution in [3.05, 3.63) is 52.5 Å². The Balaban J connectivity index is 1.76. The lowest BCUT2D eigenvalue weighted by molar-refractivity contribution is -0.116. The van der Waals surface area contributed by atoms with Crippen LogP contribution in [0, 0.1) is 6.92 Å². The second kappa shape index (κ2) is 6.67. The van der Waals surface area contributed by atoms with Gasteiger partial charge in [0.2, 0.25) is 5.91 Å². The van der Waals surface area contributed by atoms with Crippen LogP contribution in [-0.2, 0) is 17.8 Å². The molecule has 1 N–H and O–H groups in total. The summed E-state index contributed by atoms with van der Waals surface area (Å²) in [5.74, 6) is -0.530. The van der Waals surface area contributed by atoms with Crippen molar-refractivity contribution in [2.75, 3.05) is 18.5 Å². The molecule has 2 heterocycles. The maximum atomic E-state index is 12.7. The van der Waals surface area contributed by atoms with Gasteiger partial charge < -0.3 is 19.3 Å². The third kappa shape index (κ3) is 3.20. The third-order valence-corrected chi connectivity index (χ3v) is 4.54. The third-order valence-electron chi connectivity index (χ3n) is 4.54. The molecule has 0 spiro atoms. The van der Waals surface area contributed by atoms with Gasteiger partial charge in [-0.1, -0.05) is 0 Å². The standard InChI is InChI=1S/C19H20N2O5/c1-11-16(19(24)25)9-15(26-11)10-20(3)18(23)14-4-5-17-13(8-14)6-7-21(17)12(2)22/h4-5,8-9H,6-7,10H2,1-3H3,(H,24,25).